The molecule has 1 atom stereocenters. The van der Waals surface area contributed by atoms with Crippen LogP contribution in [0, 0.1) is 13.8 Å². The lowest BCUT2D eigenvalue weighted by Gasteiger charge is -2.15. The van der Waals surface area contributed by atoms with Crippen LogP contribution >= 0.6 is 11.6 Å². The Hall–Kier alpha value is -2.10. The Morgan fingerprint density at radius 2 is 1.71 bits per heavy atom. The molecule has 3 rings (SSSR count). The Kier molecular flexibility index (Phi) is 5.03. The first-order valence-electron chi connectivity index (χ1n) is 8.14. The van der Waals surface area contributed by atoms with Crippen molar-refractivity contribution < 1.29 is 0 Å². The van der Waals surface area contributed by atoms with Gasteiger partial charge in [-0.2, -0.15) is 5.10 Å². The molecule has 0 saturated heterocycles. The molecule has 124 valence electrons. The zero-order chi connectivity index (χ0) is 17.1. The maximum atomic E-state index is 5.94. The van der Waals surface area contributed by atoms with E-state index in [2.05, 4.69) is 66.7 Å². The van der Waals surface area contributed by atoms with E-state index in [1.165, 1.54) is 11.1 Å². The first-order valence-corrected chi connectivity index (χ1v) is 8.52. The highest BCUT2D eigenvalue weighted by Gasteiger charge is 2.06. The van der Waals surface area contributed by atoms with Crippen LogP contribution in [0.25, 0.3) is 5.69 Å². The zero-order valence-electron chi connectivity index (χ0n) is 14.3. The number of rotatable bonds is 5. The minimum atomic E-state index is 0.276. The molecule has 24 heavy (non-hydrogen) atoms. The quantitative estimate of drug-likeness (QED) is 0.709. The molecule has 0 aliphatic carbocycles. The molecule has 0 radical (unpaired) electrons. The predicted octanol–water partition coefficient (Wildman–Crippen LogP) is 4.99. The SMILES string of the molecule is Cc1cc(C)n(-c2ccc(CNC(C)c3ccc(Cl)cc3)cc2)n1. The van der Waals surface area contributed by atoms with Gasteiger partial charge in [0.2, 0.25) is 0 Å². The molecular formula is C20H22ClN3. The molecule has 3 aromatic rings. The van der Waals surface area contributed by atoms with Crippen molar-refractivity contribution in [3.63, 3.8) is 0 Å². The number of hydrogen-bond donors (Lipinski definition) is 1. The second kappa shape index (κ2) is 7.20. The van der Waals surface area contributed by atoms with E-state index in [-0.39, 0.29) is 6.04 Å². The van der Waals surface area contributed by atoms with Crippen molar-refractivity contribution in [3.8, 4) is 5.69 Å². The van der Waals surface area contributed by atoms with Crippen LogP contribution in [-0.2, 0) is 6.54 Å². The van der Waals surface area contributed by atoms with E-state index in [1.54, 1.807) is 0 Å². The van der Waals surface area contributed by atoms with Gasteiger partial charge in [-0.15, -0.1) is 0 Å². The van der Waals surface area contributed by atoms with Crippen LogP contribution in [0.5, 0.6) is 0 Å². The van der Waals surface area contributed by atoms with Crippen molar-refractivity contribution in [3.05, 3.63) is 82.1 Å². The maximum absolute atomic E-state index is 5.94. The molecule has 2 aromatic carbocycles. The molecule has 0 amide bonds. The third-order valence-electron chi connectivity index (χ3n) is 4.17. The fourth-order valence-electron chi connectivity index (χ4n) is 2.79. The van der Waals surface area contributed by atoms with Crippen LogP contribution in [0.2, 0.25) is 5.02 Å². The van der Waals surface area contributed by atoms with Crippen molar-refractivity contribution in [1.82, 2.24) is 15.1 Å². The van der Waals surface area contributed by atoms with Crippen molar-refractivity contribution in [2.24, 2.45) is 0 Å². The predicted molar refractivity (Wildman–Crippen MR) is 99.7 cm³/mol. The molecule has 0 saturated carbocycles. The molecule has 0 spiro atoms. The fourth-order valence-corrected chi connectivity index (χ4v) is 2.91. The minimum Gasteiger partial charge on any atom is -0.306 e. The molecule has 0 bridgehead atoms. The number of nitrogens with one attached hydrogen (secondary N) is 1. The highest BCUT2D eigenvalue weighted by atomic mass is 35.5. The van der Waals surface area contributed by atoms with E-state index in [0.29, 0.717) is 0 Å². The summed E-state index contributed by atoms with van der Waals surface area (Å²) in [5.41, 5.74) is 5.76. The summed E-state index contributed by atoms with van der Waals surface area (Å²) < 4.78 is 1.98. The number of halogens is 1. The molecule has 1 aromatic heterocycles. The van der Waals surface area contributed by atoms with Gasteiger partial charge in [-0.05, 0) is 62.2 Å². The summed E-state index contributed by atoms with van der Waals surface area (Å²) in [6, 6.07) is 18.9. The lowest BCUT2D eigenvalue weighted by atomic mass is 10.1. The molecule has 0 aliphatic rings. The number of aromatic nitrogens is 2. The van der Waals surface area contributed by atoms with Gasteiger partial charge in [0.1, 0.15) is 0 Å². The maximum Gasteiger partial charge on any atom is 0.0648 e. The first kappa shape index (κ1) is 16.7. The van der Waals surface area contributed by atoms with Gasteiger partial charge in [0.05, 0.1) is 11.4 Å². The molecule has 0 aliphatic heterocycles. The van der Waals surface area contributed by atoms with Gasteiger partial charge in [-0.1, -0.05) is 35.9 Å². The molecule has 0 fully saturated rings. The smallest absolute Gasteiger partial charge is 0.0648 e. The summed E-state index contributed by atoms with van der Waals surface area (Å²) >= 11 is 5.94. The van der Waals surface area contributed by atoms with Gasteiger partial charge in [-0.3, -0.25) is 0 Å². The Balaban J connectivity index is 1.64. The molecule has 4 heteroatoms. The molecule has 1 unspecified atom stereocenters. The molecular weight excluding hydrogens is 318 g/mol. The minimum absolute atomic E-state index is 0.276. The van der Waals surface area contributed by atoms with E-state index in [1.807, 2.05) is 23.7 Å². The third-order valence-corrected chi connectivity index (χ3v) is 4.42. The van der Waals surface area contributed by atoms with E-state index in [9.17, 15) is 0 Å². The number of nitrogens with zero attached hydrogens (tertiary/aromatic N) is 2. The number of hydrogen-bond acceptors (Lipinski definition) is 2. The second-order valence-corrected chi connectivity index (χ2v) is 6.60. The van der Waals surface area contributed by atoms with Crippen molar-refractivity contribution in [1.29, 1.82) is 0 Å². The average molecular weight is 340 g/mol. The lowest BCUT2D eigenvalue weighted by molar-refractivity contribution is 0.574. The summed E-state index contributed by atoms with van der Waals surface area (Å²) in [5.74, 6) is 0. The summed E-state index contributed by atoms with van der Waals surface area (Å²) in [6.07, 6.45) is 0. The molecule has 1 heterocycles. The van der Waals surface area contributed by atoms with Gasteiger partial charge in [0, 0.05) is 23.3 Å². The number of benzene rings is 2. The zero-order valence-corrected chi connectivity index (χ0v) is 15.0. The van der Waals surface area contributed by atoms with Crippen LogP contribution in [-0.4, -0.2) is 9.78 Å². The second-order valence-electron chi connectivity index (χ2n) is 6.16. The third kappa shape index (κ3) is 3.86. The highest BCUT2D eigenvalue weighted by molar-refractivity contribution is 6.30. The Bertz CT molecular complexity index is 804. The fraction of sp³-hybridized carbons (Fsp3) is 0.250. The van der Waals surface area contributed by atoms with E-state index >= 15 is 0 Å². The summed E-state index contributed by atoms with van der Waals surface area (Å²) in [6.45, 7) is 7.07. The van der Waals surface area contributed by atoms with Gasteiger partial charge < -0.3 is 5.32 Å². The van der Waals surface area contributed by atoms with Gasteiger partial charge in [-0.25, -0.2) is 4.68 Å². The topological polar surface area (TPSA) is 29.9 Å². The summed E-state index contributed by atoms with van der Waals surface area (Å²) in [7, 11) is 0. The standard InChI is InChI=1S/C20H22ClN3/c1-14-12-15(2)24(23-14)20-10-4-17(5-11-20)13-22-16(3)18-6-8-19(21)9-7-18/h4-12,16,22H,13H2,1-3H3. The van der Waals surface area contributed by atoms with Crippen LogP contribution in [0.4, 0.5) is 0 Å². The Morgan fingerprint density at radius 3 is 2.29 bits per heavy atom. The Morgan fingerprint density at radius 1 is 1.04 bits per heavy atom. The van der Waals surface area contributed by atoms with Crippen LogP contribution in [0.3, 0.4) is 0 Å². The highest BCUT2D eigenvalue weighted by Crippen LogP contribution is 2.17. The van der Waals surface area contributed by atoms with Crippen molar-refractivity contribution in [2.45, 2.75) is 33.4 Å². The summed E-state index contributed by atoms with van der Waals surface area (Å²) in [5, 5.41) is 8.83. The lowest BCUT2D eigenvalue weighted by Crippen LogP contribution is -2.18. The van der Waals surface area contributed by atoms with Crippen molar-refractivity contribution in [2.75, 3.05) is 0 Å². The van der Waals surface area contributed by atoms with Gasteiger partial charge in [0.15, 0.2) is 0 Å². The van der Waals surface area contributed by atoms with Crippen LogP contribution in [0.15, 0.2) is 54.6 Å². The first-order chi connectivity index (χ1) is 11.5. The van der Waals surface area contributed by atoms with Gasteiger partial charge >= 0.3 is 0 Å². The molecule has 1 N–H and O–H groups in total. The van der Waals surface area contributed by atoms with Crippen LogP contribution < -0.4 is 5.32 Å². The van der Waals surface area contributed by atoms with Gasteiger partial charge in [0.25, 0.3) is 0 Å². The Labute approximate surface area is 148 Å². The molecule has 3 nitrogen and oxygen atoms in total. The van der Waals surface area contributed by atoms with E-state index < -0.39 is 0 Å². The van der Waals surface area contributed by atoms with E-state index in [4.69, 9.17) is 11.6 Å². The number of aryl methyl sites for hydroxylation is 2. The van der Waals surface area contributed by atoms with Crippen LogP contribution in [0.1, 0.15) is 35.5 Å². The monoisotopic (exact) mass is 339 g/mol. The summed E-state index contributed by atoms with van der Waals surface area (Å²) in [4.78, 5) is 0. The average Bonchev–Trinajstić information content (AvgIpc) is 2.92. The van der Waals surface area contributed by atoms with Crippen molar-refractivity contribution >= 4 is 11.6 Å². The van der Waals surface area contributed by atoms with E-state index in [0.717, 1.165) is 28.6 Å². The normalized spacial score (nSPS) is 12.3. The largest absolute Gasteiger partial charge is 0.306 e.